The third-order valence-electron chi connectivity index (χ3n) is 4.52. The van der Waals surface area contributed by atoms with Crippen molar-refractivity contribution in [3.63, 3.8) is 0 Å². The lowest BCUT2D eigenvalue weighted by atomic mass is 9.66. The van der Waals surface area contributed by atoms with Crippen LogP contribution in [0.4, 0.5) is 0 Å². The van der Waals surface area contributed by atoms with E-state index in [1.807, 2.05) is 0 Å². The van der Waals surface area contributed by atoms with Crippen LogP contribution >= 0.6 is 0 Å². The molecule has 1 heterocycles. The van der Waals surface area contributed by atoms with Crippen LogP contribution in [0.1, 0.15) is 38.5 Å². The lowest BCUT2D eigenvalue weighted by Crippen LogP contribution is -2.58. The maximum absolute atomic E-state index is 11.0. The molecule has 17 heavy (non-hydrogen) atoms. The van der Waals surface area contributed by atoms with Crippen LogP contribution in [0, 0.1) is 11.8 Å². The Hall–Kier alpha value is -0.610. The second kappa shape index (κ2) is 4.94. The van der Waals surface area contributed by atoms with Crippen molar-refractivity contribution < 1.29 is 15.0 Å². The molecule has 98 valence electrons. The summed E-state index contributed by atoms with van der Waals surface area (Å²) < 4.78 is 0. The van der Waals surface area contributed by atoms with Crippen LogP contribution in [0.15, 0.2) is 0 Å². The van der Waals surface area contributed by atoms with Gasteiger partial charge in [-0.3, -0.25) is 4.79 Å². The fourth-order valence-electron chi connectivity index (χ4n) is 3.65. The van der Waals surface area contributed by atoms with E-state index >= 15 is 0 Å². The topological polar surface area (TPSA) is 60.8 Å². The highest BCUT2D eigenvalue weighted by atomic mass is 16.4. The van der Waals surface area contributed by atoms with E-state index in [2.05, 4.69) is 11.9 Å². The molecule has 1 saturated carbocycles. The van der Waals surface area contributed by atoms with Gasteiger partial charge >= 0.3 is 5.97 Å². The normalized spacial score (nSPS) is 39.4. The van der Waals surface area contributed by atoms with Gasteiger partial charge in [0.05, 0.1) is 12.0 Å². The van der Waals surface area contributed by atoms with Crippen LogP contribution < -0.4 is 0 Å². The first-order chi connectivity index (χ1) is 8.02. The molecule has 1 aliphatic heterocycles. The Balaban J connectivity index is 2.22. The molecule has 1 saturated heterocycles. The fourth-order valence-corrected chi connectivity index (χ4v) is 3.65. The van der Waals surface area contributed by atoms with Crippen LogP contribution in [0.2, 0.25) is 0 Å². The summed E-state index contributed by atoms with van der Waals surface area (Å²) >= 11 is 0. The van der Waals surface area contributed by atoms with E-state index in [1.54, 1.807) is 0 Å². The maximum atomic E-state index is 11.0. The third kappa shape index (κ3) is 2.63. The van der Waals surface area contributed by atoms with Gasteiger partial charge in [0.25, 0.3) is 0 Å². The van der Waals surface area contributed by atoms with Gasteiger partial charge in [0, 0.05) is 24.9 Å². The second-order valence-electron chi connectivity index (χ2n) is 5.81. The Morgan fingerprint density at radius 3 is 2.24 bits per heavy atom. The molecule has 1 aliphatic carbocycles. The molecule has 2 N–H and O–H groups in total. The minimum absolute atomic E-state index is 0.0871. The minimum atomic E-state index is -0.973. The van der Waals surface area contributed by atoms with Gasteiger partial charge in [0.1, 0.15) is 0 Å². The van der Waals surface area contributed by atoms with Crippen molar-refractivity contribution in [2.75, 3.05) is 20.1 Å². The largest absolute Gasteiger partial charge is 0.481 e. The molecule has 0 aromatic rings. The van der Waals surface area contributed by atoms with Crippen molar-refractivity contribution in [1.29, 1.82) is 0 Å². The van der Waals surface area contributed by atoms with Crippen LogP contribution in [0.3, 0.4) is 0 Å². The molecule has 0 aromatic heterocycles. The Labute approximate surface area is 103 Å². The number of hydrogen-bond donors (Lipinski definition) is 2. The highest BCUT2D eigenvalue weighted by Gasteiger charge is 2.48. The van der Waals surface area contributed by atoms with E-state index in [4.69, 9.17) is 5.11 Å². The van der Waals surface area contributed by atoms with Gasteiger partial charge < -0.3 is 15.1 Å². The van der Waals surface area contributed by atoms with Crippen molar-refractivity contribution >= 4 is 5.97 Å². The number of nitrogens with zero attached hydrogens (tertiary/aromatic N) is 1. The molecular weight excluding hydrogens is 218 g/mol. The predicted octanol–water partition coefficient (Wildman–Crippen LogP) is 1.33. The number of aliphatic carboxylic acids is 1. The van der Waals surface area contributed by atoms with Gasteiger partial charge in [0.2, 0.25) is 0 Å². The molecule has 0 radical (unpaired) electrons. The summed E-state index contributed by atoms with van der Waals surface area (Å²) in [5.74, 6) is -0.613. The lowest BCUT2D eigenvalue weighted by Gasteiger charge is -2.50. The smallest absolute Gasteiger partial charge is 0.306 e. The summed E-state index contributed by atoms with van der Waals surface area (Å²) in [4.78, 5) is 13.3. The zero-order valence-electron chi connectivity index (χ0n) is 10.6. The zero-order chi connectivity index (χ0) is 12.5. The highest BCUT2D eigenvalue weighted by Crippen LogP contribution is 2.42. The van der Waals surface area contributed by atoms with Gasteiger partial charge in [-0.1, -0.05) is 19.3 Å². The van der Waals surface area contributed by atoms with Crippen LogP contribution in [-0.4, -0.2) is 46.8 Å². The monoisotopic (exact) mass is 241 g/mol. The summed E-state index contributed by atoms with van der Waals surface area (Å²) in [6, 6.07) is 0. The number of aliphatic hydroxyl groups is 1. The maximum Gasteiger partial charge on any atom is 0.306 e. The Kier molecular flexibility index (Phi) is 3.73. The highest BCUT2D eigenvalue weighted by molar-refractivity contribution is 5.68. The first kappa shape index (κ1) is 12.8. The number of carbonyl (C=O) groups is 1. The molecule has 2 aliphatic rings. The van der Waals surface area contributed by atoms with Crippen LogP contribution in [0.5, 0.6) is 0 Å². The molecule has 0 aromatic carbocycles. The van der Waals surface area contributed by atoms with Gasteiger partial charge in [-0.25, -0.2) is 0 Å². The molecule has 0 spiro atoms. The van der Waals surface area contributed by atoms with E-state index < -0.39 is 11.6 Å². The third-order valence-corrected chi connectivity index (χ3v) is 4.52. The van der Waals surface area contributed by atoms with Crippen LogP contribution in [0.25, 0.3) is 0 Å². The molecule has 4 heteroatoms. The van der Waals surface area contributed by atoms with Crippen molar-refractivity contribution in [2.45, 2.75) is 44.1 Å². The lowest BCUT2D eigenvalue weighted by molar-refractivity contribution is -0.160. The summed E-state index contributed by atoms with van der Waals surface area (Å²) in [7, 11) is 2.07. The van der Waals surface area contributed by atoms with Gasteiger partial charge in [-0.05, 0) is 19.9 Å². The molecule has 2 bridgehead atoms. The average molecular weight is 241 g/mol. The van der Waals surface area contributed by atoms with E-state index in [0.29, 0.717) is 0 Å². The molecule has 2 atom stereocenters. The number of hydrogen-bond acceptors (Lipinski definition) is 3. The summed E-state index contributed by atoms with van der Waals surface area (Å²) in [5.41, 5.74) is -0.973. The number of piperidine rings is 1. The van der Waals surface area contributed by atoms with E-state index in [1.165, 1.54) is 6.42 Å². The van der Waals surface area contributed by atoms with E-state index in [0.717, 1.165) is 38.8 Å². The van der Waals surface area contributed by atoms with Crippen molar-refractivity contribution in [1.82, 2.24) is 4.90 Å². The number of carboxylic acids is 1. The molecular formula is C13H23NO3. The average Bonchev–Trinajstić information content (AvgIpc) is 2.23. The SMILES string of the molecule is CN1CC2CCCCCC(C1)C2(O)CC(=O)O. The molecule has 2 rings (SSSR count). The number of likely N-dealkylation sites (tertiary alicyclic amines) is 1. The van der Waals surface area contributed by atoms with Gasteiger partial charge in [0.15, 0.2) is 0 Å². The summed E-state index contributed by atoms with van der Waals surface area (Å²) in [6.07, 6.45) is 5.30. The first-order valence-electron chi connectivity index (χ1n) is 6.65. The van der Waals surface area contributed by atoms with Crippen molar-refractivity contribution in [2.24, 2.45) is 11.8 Å². The van der Waals surface area contributed by atoms with Crippen LogP contribution in [-0.2, 0) is 4.79 Å². The quantitative estimate of drug-likeness (QED) is 0.766. The molecule has 2 fully saturated rings. The standard InChI is InChI=1S/C13H23NO3/c1-14-8-10-5-3-2-4-6-11(9-14)13(10,17)7-12(15)16/h10-11,17H,2-9H2,1H3,(H,15,16). The number of carboxylic acid groups (broad SMARTS) is 1. The van der Waals surface area contributed by atoms with Crippen molar-refractivity contribution in [3.05, 3.63) is 0 Å². The predicted molar refractivity (Wildman–Crippen MR) is 64.8 cm³/mol. The van der Waals surface area contributed by atoms with E-state index in [-0.39, 0.29) is 18.3 Å². The molecule has 2 unspecified atom stereocenters. The first-order valence-corrected chi connectivity index (χ1v) is 6.65. The summed E-state index contributed by atoms with van der Waals surface area (Å²) in [5, 5.41) is 19.9. The van der Waals surface area contributed by atoms with Crippen molar-refractivity contribution in [3.8, 4) is 0 Å². The summed E-state index contributed by atoms with van der Waals surface area (Å²) in [6.45, 7) is 1.67. The minimum Gasteiger partial charge on any atom is -0.481 e. The Bertz CT molecular complexity index is 276. The number of rotatable bonds is 2. The fraction of sp³-hybridized carbons (Fsp3) is 0.923. The molecule has 0 amide bonds. The second-order valence-corrected chi connectivity index (χ2v) is 5.81. The molecule has 4 nitrogen and oxygen atoms in total. The van der Waals surface area contributed by atoms with Gasteiger partial charge in [-0.15, -0.1) is 0 Å². The van der Waals surface area contributed by atoms with Gasteiger partial charge in [-0.2, -0.15) is 0 Å². The number of fused-ring (bicyclic) bond motifs is 2. The Morgan fingerprint density at radius 2 is 1.76 bits per heavy atom. The Morgan fingerprint density at radius 1 is 1.24 bits per heavy atom. The van der Waals surface area contributed by atoms with E-state index in [9.17, 15) is 9.90 Å². The zero-order valence-corrected chi connectivity index (χ0v) is 10.6.